The minimum absolute atomic E-state index is 0.0994. The van der Waals surface area contributed by atoms with E-state index in [9.17, 15) is 9.59 Å². The van der Waals surface area contributed by atoms with Crippen LogP contribution in [-0.2, 0) is 6.54 Å². The van der Waals surface area contributed by atoms with E-state index in [1.807, 2.05) is 5.38 Å². The Hall–Kier alpha value is -2.41. The summed E-state index contributed by atoms with van der Waals surface area (Å²) in [6.45, 7) is 1.81. The molecule has 3 aromatic rings. The molecule has 0 bridgehead atoms. The SMILES string of the molecule is Cc1cc(Cn2cnc3sccc3c2=O)oc1C(=O)O. The van der Waals surface area contributed by atoms with Gasteiger partial charge in [-0.25, -0.2) is 9.78 Å². The Morgan fingerprint density at radius 1 is 1.55 bits per heavy atom. The van der Waals surface area contributed by atoms with Crippen LogP contribution in [0.1, 0.15) is 21.9 Å². The molecule has 3 rings (SSSR count). The van der Waals surface area contributed by atoms with E-state index in [0.717, 1.165) is 0 Å². The first-order valence-electron chi connectivity index (χ1n) is 5.81. The summed E-state index contributed by atoms with van der Waals surface area (Å²) >= 11 is 1.40. The van der Waals surface area contributed by atoms with E-state index in [4.69, 9.17) is 9.52 Å². The van der Waals surface area contributed by atoms with Crippen LogP contribution in [-0.4, -0.2) is 20.6 Å². The molecule has 0 aromatic carbocycles. The zero-order valence-electron chi connectivity index (χ0n) is 10.5. The van der Waals surface area contributed by atoms with Crippen LogP contribution >= 0.6 is 11.3 Å². The van der Waals surface area contributed by atoms with E-state index >= 15 is 0 Å². The van der Waals surface area contributed by atoms with E-state index in [2.05, 4.69) is 4.98 Å². The molecule has 7 heteroatoms. The highest BCUT2D eigenvalue weighted by Gasteiger charge is 2.15. The third-order valence-corrected chi connectivity index (χ3v) is 3.76. The molecule has 20 heavy (non-hydrogen) atoms. The topological polar surface area (TPSA) is 85.3 Å². The van der Waals surface area contributed by atoms with Gasteiger partial charge in [-0.15, -0.1) is 11.3 Å². The number of fused-ring (bicyclic) bond motifs is 1. The molecule has 1 N–H and O–H groups in total. The molecule has 0 amide bonds. The lowest BCUT2D eigenvalue weighted by molar-refractivity contribution is 0.0659. The molecular weight excluding hydrogens is 280 g/mol. The first-order chi connectivity index (χ1) is 9.56. The molecule has 0 spiro atoms. The normalized spacial score (nSPS) is 11.1. The Labute approximate surface area is 116 Å². The maximum atomic E-state index is 12.2. The van der Waals surface area contributed by atoms with Crippen LogP contribution in [0.4, 0.5) is 0 Å². The second kappa shape index (κ2) is 4.61. The van der Waals surface area contributed by atoms with Crippen molar-refractivity contribution in [1.82, 2.24) is 9.55 Å². The predicted molar refractivity (Wildman–Crippen MR) is 73.4 cm³/mol. The Kier molecular flexibility index (Phi) is 2.90. The molecule has 0 unspecified atom stereocenters. The number of furan rings is 1. The second-order valence-corrected chi connectivity index (χ2v) is 5.24. The van der Waals surface area contributed by atoms with Crippen LogP contribution in [0.3, 0.4) is 0 Å². The van der Waals surface area contributed by atoms with Gasteiger partial charge in [-0.2, -0.15) is 0 Å². The van der Waals surface area contributed by atoms with E-state index in [1.165, 1.54) is 22.2 Å². The Morgan fingerprint density at radius 3 is 3.05 bits per heavy atom. The molecule has 0 atom stereocenters. The minimum Gasteiger partial charge on any atom is -0.475 e. The van der Waals surface area contributed by atoms with Gasteiger partial charge in [-0.05, 0) is 24.4 Å². The maximum Gasteiger partial charge on any atom is 0.372 e. The molecule has 0 saturated carbocycles. The number of rotatable bonds is 3. The summed E-state index contributed by atoms with van der Waals surface area (Å²) in [5, 5.41) is 11.3. The van der Waals surface area contributed by atoms with Crippen molar-refractivity contribution in [2.75, 3.05) is 0 Å². The number of aromatic carboxylic acids is 1. The number of carboxylic acid groups (broad SMARTS) is 1. The summed E-state index contributed by atoms with van der Waals surface area (Å²) in [5.74, 6) is -0.802. The standard InChI is InChI=1S/C13H10N2O4S/c1-7-4-8(19-10(7)13(17)18)5-15-6-14-11-9(12(15)16)2-3-20-11/h2-4,6H,5H2,1H3,(H,17,18). The number of thiophene rings is 1. The van der Waals surface area contributed by atoms with Gasteiger partial charge in [-0.3, -0.25) is 9.36 Å². The summed E-state index contributed by atoms with van der Waals surface area (Å²) in [6, 6.07) is 3.34. The van der Waals surface area contributed by atoms with Crippen LogP contribution in [0.25, 0.3) is 10.2 Å². The Bertz CT molecular complexity index is 859. The predicted octanol–water partition coefficient (Wildman–Crippen LogP) is 2.11. The van der Waals surface area contributed by atoms with E-state index in [0.29, 0.717) is 21.5 Å². The number of carbonyl (C=O) groups is 1. The zero-order chi connectivity index (χ0) is 14.3. The Balaban J connectivity index is 2.01. The smallest absolute Gasteiger partial charge is 0.372 e. The van der Waals surface area contributed by atoms with Crippen LogP contribution in [0.2, 0.25) is 0 Å². The van der Waals surface area contributed by atoms with Crippen LogP contribution in [0.15, 0.2) is 33.1 Å². The van der Waals surface area contributed by atoms with Gasteiger partial charge in [0.05, 0.1) is 18.3 Å². The summed E-state index contributed by atoms with van der Waals surface area (Å²) in [7, 11) is 0. The molecule has 0 fully saturated rings. The van der Waals surface area contributed by atoms with Crippen molar-refractivity contribution < 1.29 is 14.3 Å². The highest BCUT2D eigenvalue weighted by atomic mass is 32.1. The first kappa shape index (κ1) is 12.6. The van der Waals surface area contributed by atoms with Crippen molar-refractivity contribution in [3.05, 3.63) is 51.3 Å². The molecule has 102 valence electrons. The molecule has 0 saturated heterocycles. The highest BCUT2D eigenvalue weighted by Crippen LogP contribution is 2.17. The molecule has 3 heterocycles. The first-order valence-corrected chi connectivity index (χ1v) is 6.69. The van der Waals surface area contributed by atoms with Crippen molar-refractivity contribution in [2.45, 2.75) is 13.5 Å². The van der Waals surface area contributed by atoms with Gasteiger partial charge in [0.15, 0.2) is 0 Å². The van der Waals surface area contributed by atoms with Gasteiger partial charge in [-0.1, -0.05) is 0 Å². The van der Waals surface area contributed by atoms with Crippen molar-refractivity contribution in [1.29, 1.82) is 0 Å². The molecular formula is C13H10N2O4S. The maximum absolute atomic E-state index is 12.2. The monoisotopic (exact) mass is 290 g/mol. The number of aryl methyl sites for hydroxylation is 1. The fourth-order valence-electron chi connectivity index (χ4n) is 2.01. The molecule has 0 radical (unpaired) electrons. The van der Waals surface area contributed by atoms with E-state index < -0.39 is 5.97 Å². The lowest BCUT2D eigenvalue weighted by atomic mass is 10.2. The van der Waals surface area contributed by atoms with Crippen LogP contribution in [0, 0.1) is 6.92 Å². The van der Waals surface area contributed by atoms with Crippen LogP contribution in [0.5, 0.6) is 0 Å². The van der Waals surface area contributed by atoms with Gasteiger partial charge in [0.1, 0.15) is 10.6 Å². The quantitative estimate of drug-likeness (QED) is 0.798. The number of nitrogens with zero attached hydrogens (tertiary/aromatic N) is 2. The van der Waals surface area contributed by atoms with E-state index in [1.54, 1.807) is 19.1 Å². The van der Waals surface area contributed by atoms with Gasteiger partial charge in [0, 0.05) is 5.56 Å². The van der Waals surface area contributed by atoms with Crippen molar-refractivity contribution in [2.24, 2.45) is 0 Å². The number of hydrogen-bond donors (Lipinski definition) is 1. The largest absolute Gasteiger partial charge is 0.475 e. The fourth-order valence-corrected chi connectivity index (χ4v) is 2.74. The van der Waals surface area contributed by atoms with Crippen molar-refractivity contribution >= 4 is 27.5 Å². The summed E-state index contributed by atoms with van der Waals surface area (Å²) < 4.78 is 6.65. The summed E-state index contributed by atoms with van der Waals surface area (Å²) in [5.41, 5.74) is 0.368. The fraction of sp³-hybridized carbons (Fsp3) is 0.154. The molecule has 0 aliphatic rings. The molecule has 0 aliphatic heterocycles. The van der Waals surface area contributed by atoms with Gasteiger partial charge < -0.3 is 9.52 Å². The van der Waals surface area contributed by atoms with Gasteiger partial charge in [0.25, 0.3) is 5.56 Å². The van der Waals surface area contributed by atoms with Gasteiger partial charge in [0.2, 0.25) is 5.76 Å². The summed E-state index contributed by atoms with van der Waals surface area (Å²) in [6.07, 6.45) is 1.44. The van der Waals surface area contributed by atoms with Crippen molar-refractivity contribution in [3.8, 4) is 0 Å². The van der Waals surface area contributed by atoms with Crippen molar-refractivity contribution in [3.63, 3.8) is 0 Å². The minimum atomic E-state index is -1.12. The average molecular weight is 290 g/mol. The summed E-state index contributed by atoms with van der Waals surface area (Å²) in [4.78, 5) is 28.0. The lowest BCUT2D eigenvalue weighted by Crippen LogP contribution is -2.20. The Morgan fingerprint density at radius 2 is 2.35 bits per heavy atom. The number of hydrogen-bond acceptors (Lipinski definition) is 5. The molecule has 6 nitrogen and oxygen atoms in total. The highest BCUT2D eigenvalue weighted by molar-refractivity contribution is 7.16. The van der Waals surface area contributed by atoms with Crippen LogP contribution < -0.4 is 5.56 Å². The zero-order valence-corrected chi connectivity index (χ0v) is 11.3. The third kappa shape index (κ3) is 2.01. The molecule has 3 aromatic heterocycles. The molecule has 0 aliphatic carbocycles. The third-order valence-electron chi connectivity index (χ3n) is 2.94. The van der Waals surface area contributed by atoms with E-state index in [-0.39, 0.29) is 17.9 Å². The lowest BCUT2D eigenvalue weighted by Gasteiger charge is -2.02. The van der Waals surface area contributed by atoms with Gasteiger partial charge >= 0.3 is 5.97 Å². The second-order valence-electron chi connectivity index (χ2n) is 4.35. The number of carboxylic acids is 1. The average Bonchev–Trinajstić information content (AvgIpc) is 2.99. The number of aromatic nitrogens is 2.